The van der Waals surface area contributed by atoms with E-state index in [-0.39, 0.29) is 41.0 Å². The third-order valence-corrected chi connectivity index (χ3v) is 9.72. The van der Waals surface area contributed by atoms with Gasteiger partial charge in [0, 0.05) is 42.0 Å². The molecule has 5 rings (SSSR count). The number of hydrogen-bond donors (Lipinski definition) is 7. The van der Waals surface area contributed by atoms with Gasteiger partial charge in [-0.05, 0) is 13.0 Å². The number of Topliss-reactive ketones (excluding diaryl/α,β-unsaturated/α-hetero) is 1. The average Bonchev–Trinajstić information content (AvgIpc) is 3.07. The van der Waals surface area contributed by atoms with Crippen LogP contribution in [0.1, 0.15) is 75.3 Å². The molecular formula is C36H45N2O15+. The number of methoxy groups -OCH3 is 1. The first-order valence-corrected chi connectivity index (χ1v) is 17.0. The predicted octanol–water partition coefficient (Wildman–Crippen LogP) is -0.275. The number of carbonyl (C=O) groups is 5. The maximum atomic E-state index is 13.9. The van der Waals surface area contributed by atoms with Crippen molar-refractivity contribution in [2.75, 3.05) is 47.9 Å². The molecule has 0 spiro atoms. The number of phenolic OH excluding ortho intramolecular Hbond substituents is 2. The number of rotatable bonds is 13. The van der Waals surface area contributed by atoms with Crippen LogP contribution in [0.2, 0.25) is 0 Å². The van der Waals surface area contributed by atoms with Gasteiger partial charge in [-0.2, -0.15) is 0 Å². The molecule has 17 heteroatoms. The second-order valence-electron chi connectivity index (χ2n) is 14.7. The minimum atomic E-state index is -2.35. The van der Waals surface area contributed by atoms with Crippen LogP contribution in [0.15, 0.2) is 18.2 Å². The summed E-state index contributed by atoms with van der Waals surface area (Å²) in [5.41, 5.74) is -4.13. The van der Waals surface area contributed by atoms with Gasteiger partial charge in [-0.25, -0.2) is 0 Å². The zero-order valence-corrected chi connectivity index (χ0v) is 30.0. The number of benzene rings is 2. The number of likely N-dealkylation sites (N-methyl/N-ethyl adjacent to an activating group) is 1. The highest BCUT2D eigenvalue weighted by molar-refractivity contribution is 6.31. The van der Waals surface area contributed by atoms with Crippen LogP contribution in [0.4, 0.5) is 0 Å². The lowest BCUT2D eigenvalue weighted by Crippen LogP contribution is -2.55. The number of carboxylic acid groups (broad SMARTS) is 1. The molecule has 4 unspecified atom stereocenters. The molecule has 1 saturated heterocycles. The van der Waals surface area contributed by atoms with E-state index >= 15 is 0 Å². The summed E-state index contributed by atoms with van der Waals surface area (Å²) in [6.45, 7) is 0.234. The van der Waals surface area contributed by atoms with Crippen LogP contribution in [-0.2, 0) is 35.0 Å². The molecule has 1 heterocycles. The van der Waals surface area contributed by atoms with E-state index in [2.05, 4.69) is 5.32 Å². The molecule has 1 aliphatic heterocycles. The lowest BCUT2D eigenvalue weighted by molar-refractivity contribution is -0.873. The maximum absolute atomic E-state index is 13.9. The van der Waals surface area contributed by atoms with Crippen LogP contribution in [0.5, 0.6) is 17.2 Å². The molecule has 2 aliphatic carbocycles. The number of ether oxygens (including phenoxy) is 4. The highest BCUT2D eigenvalue weighted by Gasteiger charge is 2.50. The number of fused-ring (bicyclic) bond motifs is 3. The summed E-state index contributed by atoms with van der Waals surface area (Å²) in [5, 5.41) is 67.6. The Kier molecular flexibility index (Phi) is 11.3. The quantitative estimate of drug-likeness (QED) is 0.0675. The minimum Gasteiger partial charge on any atom is -0.507 e. The van der Waals surface area contributed by atoms with Crippen LogP contribution in [-0.4, -0.2) is 149 Å². The Labute approximate surface area is 304 Å². The van der Waals surface area contributed by atoms with Gasteiger partial charge in [0.25, 0.3) is 0 Å². The van der Waals surface area contributed by atoms with Crippen molar-refractivity contribution >= 4 is 29.3 Å². The molecule has 7 N–H and O–H groups in total. The number of hydrogen-bond acceptors (Lipinski definition) is 15. The highest BCUT2D eigenvalue weighted by atomic mass is 16.7. The van der Waals surface area contributed by atoms with Crippen molar-refractivity contribution in [1.82, 2.24) is 5.32 Å². The summed E-state index contributed by atoms with van der Waals surface area (Å²) >= 11 is 0. The Morgan fingerprint density at radius 1 is 1.08 bits per heavy atom. The van der Waals surface area contributed by atoms with Crippen molar-refractivity contribution < 1.29 is 78.0 Å². The number of nitrogens with zero attached hydrogens (tertiary/aromatic N) is 1. The number of esters is 1. The first kappa shape index (κ1) is 39.7. The topological polar surface area (TPSA) is 256 Å². The van der Waals surface area contributed by atoms with Crippen molar-refractivity contribution in [2.45, 2.75) is 75.0 Å². The van der Waals surface area contributed by atoms with Gasteiger partial charge in [-0.15, -0.1) is 0 Å². The van der Waals surface area contributed by atoms with Crippen molar-refractivity contribution in [3.8, 4) is 17.2 Å². The molecule has 288 valence electrons. The fourth-order valence-corrected chi connectivity index (χ4v) is 7.31. The number of quaternary nitrogens is 1. The molecule has 53 heavy (non-hydrogen) atoms. The third kappa shape index (κ3) is 7.91. The van der Waals surface area contributed by atoms with Crippen molar-refractivity contribution in [2.24, 2.45) is 0 Å². The predicted molar refractivity (Wildman–Crippen MR) is 181 cm³/mol. The van der Waals surface area contributed by atoms with Gasteiger partial charge in [0.05, 0.1) is 76.2 Å². The average molecular weight is 746 g/mol. The van der Waals surface area contributed by atoms with Crippen LogP contribution >= 0.6 is 0 Å². The maximum Gasteiger partial charge on any atom is 0.320 e. The van der Waals surface area contributed by atoms with Crippen LogP contribution in [0.3, 0.4) is 0 Å². The molecule has 0 saturated carbocycles. The first-order chi connectivity index (χ1) is 24.8. The fraction of sp³-hybridized carbons (Fsp3) is 0.528. The molecule has 0 aromatic heterocycles. The third-order valence-electron chi connectivity index (χ3n) is 9.72. The molecule has 2 aromatic rings. The normalized spacial score (nSPS) is 25.8. The minimum absolute atomic E-state index is 0.0511. The van der Waals surface area contributed by atoms with Crippen LogP contribution < -0.4 is 10.1 Å². The SMILES string of the molecule is COc1cccc2c1C(=O)c1c(O)c3c(c(O)c1C2=O)C[C@@](O)(C(=O)CO)C[C@@H]3OC1CC(NCC(=O)O[C@H](CC(=O)O)C[N+](C)(C)C)C(O)C(C)O1. The van der Waals surface area contributed by atoms with Gasteiger partial charge in [0.2, 0.25) is 5.78 Å². The number of aliphatic carboxylic acids is 1. The Balaban J connectivity index is 1.45. The molecule has 1 fully saturated rings. The van der Waals surface area contributed by atoms with E-state index in [1.165, 1.54) is 32.2 Å². The lowest BCUT2D eigenvalue weighted by atomic mass is 9.72. The summed E-state index contributed by atoms with van der Waals surface area (Å²) in [4.78, 5) is 64.7. The molecule has 0 amide bonds. The molecule has 0 bridgehead atoms. The number of aromatic hydroxyl groups is 2. The second kappa shape index (κ2) is 15.1. The van der Waals surface area contributed by atoms with E-state index in [4.69, 9.17) is 18.9 Å². The summed E-state index contributed by atoms with van der Waals surface area (Å²) in [6.07, 6.45) is -7.54. The largest absolute Gasteiger partial charge is 0.507 e. The van der Waals surface area contributed by atoms with E-state index in [1.807, 2.05) is 21.1 Å². The summed E-state index contributed by atoms with van der Waals surface area (Å²) in [5.74, 6) is -6.06. The fourth-order valence-electron chi connectivity index (χ4n) is 7.31. The summed E-state index contributed by atoms with van der Waals surface area (Å²) < 4.78 is 23.2. The number of carboxylic acids is 1. The van der Waals surface area contributed by atoms with Gasteiger partial charge in [-0.3, -0.25) is 24.0 Å². The molecule has 2 aromatic carbocycles. The molecular weight excluding hydrogens is 700 g/mol. The number of aliphatic hydroxyl groups excluding tert-OH is 2. The zero-order valence-electron chi connectivity index (χ0n) is 30.0. The number of ketones is 3. The number of phenols is 2. The zero-order chi connectivity index (χ0) is 39.2. The molecule has 0 radical (unpaired) electrons. The Hall–Kier alpha value is -4.49. The van der Waals surface area contributed by atoms with E-state index in [9.17, 15) is 54.6 Å². The number of carbonyl (C=O) groups excluding carboxylic acids is 4. The van der Waals surface area contributed by atoms with Gasteiger partial charge >= 0.3 is 11.9 Å². The number of aliphatic hydroxyl groups is 3. The first-order valence-electron chi connectivity index (χ1n) is 17.0. The Morgan fingerprint density at radius 2 is 1.75 bits per heavy atom. The Morgan fingerprint density at radius 3 is 2.38 bits per heavy atom. The van der Waals surface area contributed by atoms with E-state index in [0.29, 0.717) is 4.48 Å². The molecule has 17 nitrogen and oxygen atoms in total. The molecule has 3 aliphatic rings. The van der Waals surface area contributed by atoms with E-state index in [1.54, 1.807) is 0 Å². The highest BCUT2D eigenvalue weighted by Crippen LogP contribution is 2.52. The monoisotopic (exact) mass is 745 g/mol. The summed E-state index contributed by atoms with van der Waals surface area (Å²) in [6, 6.07) is 3.41. The number of nitrogens with one attached hydrogen (secondary N) is 1. The van der Waals surface area contributed by atoms with Crippen molar-refractivity contribution in [1.29, 1.82) is 0 Å². The van der Waals surface area contributed by atoms with Crippen molar-refractivity contribution in [3.63, 3.8) is 0 Å². The Bertz CT molecular complexity index is 1820. The smallest absolute Gasteiger partial charge is 0.320 e. The molecule has 7 atom stereocenters. The van der Waals surface area contributed by atoms with Crippen LogP contribution in [0, 0.1) is 0 Å². The summed E-state index contributed by atoms with van der Waals surface area (Å²) in [7, 11) is 6.74. The van der Waals surface area contributed by atoms with E-state index in [0.717, 1.165) is 0 Å². The standard InChI is InChI=1S/C36H44N2O15/c1-16-31(44)20(37-13-25(43)52-17(9-24(41)42)14-38(2,3)4)10-26(51-16)53-22-12-36(49,23(40)15-39)11-19-28(22)35(48)30-29(33(19)46)32(45)18-7-6-8-21(50-5)27(18)34(30)47/h6-8,16-17,20,22,26,31,37,39,44,49H,9-15H2,1-5H3,(H2-,41,42,45,46,47,48)/p+1/t16?,17-,20?,22+,26?,31?,36+/m1/s1. The van der Waals surface area contributed by atoms with Gasteiger partial charge < -0.3 is 59.4 Å². The van der Waals surface area contributed by atoms with Gasteiger partial charge in [0.15, 0.2) is 24.0 Å². The lowest BCUT2D eigenvalue weighted by Gasteiger charge is -2.43. The van der Waals surface area contributed by atoms with Gasteiger partial charge in [-0.1, -0.05) is 12.1 Å². The van der Waals surface area contributed by atoms with Crippen LogP contribution in [0.25, 0.3) is 0 Å². The second-order valence-corrected chi connectivity index (χ2v) is 14.7. The van der Waals surface area contributed by atoms with Crippen molar-refractivity contribution in [3.05, 3.63) is 51.6 Å². The van der Waals surface area contributed by atoms with Gasteiger partial charge in [0.1, 0.15) is 36.0 Å². The van der Waals surface area contributed by atoms with E-state index < -0.39 is 127 Å².